The number of hydrogen-bond acceptors (Lipinski definition) is 5. The van der Waals surface area contributed by atoms with Crippen molar-refractivity contribution >= 4 is 11.8 Å². The summed E-state index contributed by atoms with van der Waals surface area (Å²) in [7, 11) is 2.17. The Morgan fingerprint density at radius 3 is 2.80 bits per heavy atom. The van der Waals surface area contributed by atoms with Crippen molar-refractivity contribution in [1.82, 2.24) is 10.3 Å². The number of ether oxygens (including phenoxy) is 1. The monoisotopic (exact) mass is 295 g/mol. The minimum absolute atomic E-state index is 0.160. The number of nitrogens with two attached hydrogens (primary N) is 1. The zero-order chi connectivity index (χ0) is 14.4. The highest BCUT2D eigenvalue weighted by Crippen LogP contribution is 2.27. The molecule has 0 spiro atoms. The Morgan fingerprint density at radius 2 is 2.20 bits per heavy atom. The topological polar surface area (TPSA) is 50.5 Å². The molecule has 1 fully saturated rings. The van der Waals surface area contributed by atoms with Gasteiger partial charge in [0.2, 0.25) is 0 Å². The molecule has 0 aromatic heterocycles. The van der Waals surface area contributed by atoms with Crippen LogP contribution in [0, 0.1) is 0 Å². The fraction of sp³-hybridized carbons (Fsp3) is 0.600. The molecule has 2 unspecified atom stereocenters. The van der Waals surface area contributed by atoms with Crippen LogP contribution in [-0.4, -0.2) is 42.6 Å². The molecule has 1 aromatic rings. The Morgan fingerprint density at radius 1 is 1.45 bits per heavy atom. The number of likely N-dealkylation sites (N-methyl/N-ethyl adjacent to an activating group) is 1. The molecule has 2 rings (SSSR count). The highest BCUT2D eigenvalue weighted by molar-refractivity contribution is 7.99. The number of hydrogen-bond donors (Lipinski definition) is 2. The Kier molecular flexibility index (Phi) is 6.16. The zero-order valence-corrected chi connectivity index (χ0v) is 13.2. The molecule has 0 amide bonds. The van der Waals surface area contributed by atoms with Crippen LogP contribution in [0.25, 0.3) is 0 Å². The van der Waals surface area contributed by atoms with E-state index in [-0.39, 0.29) is 6.04 Å². The van der Waals surface area contributed by atoms with E-state index < -0.39 is 0 Å². The number of nitrogens with one attached hydrogen (secondary N) is 1. The molecule has 0 saturated carbocycles. The highest BCUT2D eigenvalue weighted by Gasteiger charge is 2.28. The van der Waals surface area contributed by atoms with Crippen molar-refractivity contribution in [3.05, 3.63) is 29.8 Å². The summed E-state index contributed by atoms with van der Waals surface area (Å²) < 4.78 is 5.62. The minimum atomic E-state index is 0.160. The van der Waals surface area contributed by atoms with E-state index in [4.69, 9.17) is 10.6 Å². The van der Waals surface area contributed by atoms with Gasteiger partial charge in [0.15, 0.2) is 0 Å². The molecule has 1 aromatic carbocycles. The summed E-state index contributed by atoms with van der Waals surface area (Å²) in [4.78, 5) is 2.39. The van der Waals surface area contributed by atoms with Gasteiger partial charge >= 0.3 is 0 Å². The second-order valence-electron chi connectivity index (χ2n) is 5.18. The summed E-state index contributed by atoms with van der Waals surface area (Å²) in [5.41, 5.74) is 4.20. The summed E-state index contributed by atoms with van der Waals surface area (Å²) in [5.74, 6) is 9.04. The number of rotatable bonds is 6. The van der Waals surface area contributed by atoms with Crippen LogP contribution in [0.15, 0.2) is 24.3 Å². The van der Waals surface area contributed by atoms with Gasteiger partial charge in [-0.25, -0.2) is 0 Å². The fourth-order valence-electron chi connectivity index (χ4n) is 2.48. The van der Waals surface area contributed by atoms with Gasteiger partial charge in [0, 0.05) is 24.1 Å². The summed E-state index contributed by atoms with van der Waals surface area (Å²) >= 11 is 2.00. The molecule has 1 saturated heterocycles. The molecule has 2 atom stereocenters. The van der Waals surface area contributed by atoms with Gasteiger partial charge < -0.3 is 4.74 Å². The molecule has 0 bridgehead atoms. The van der Waals surface area contributed by atoms with Crippen LogP contribution < -0.4 is 16.0 Å². The van der Waals surface area contributed by atoms with Gasteiger partial charge in [0.25, 0.3) is 0 Å². The average molecular weight is 295 g/mol. The maximum atomic E-state index is 5.80. The van der Waals surface area contributed by atoms with E-state index in [0.717, 1.165) is 31.1 Å². The van der Waals surface area contributed by atoms with Crippen LogP contribution in [0.3, 0.4) is 0 Å². The molecular formula is C15H25N3OS. The van der Waals surface area contributed by atoms with Crippen molar-refractivity contribution in [2.24, 2.45) is 5.84 Å². The van der Waals surface area contributed by atoms with Crippen molar-refractivity contribution in [3.63, 3.8) is 0 Å². The average Bonchev–Trinajstić information content (AvgIpc) is 2.49. The standard InChI is InChI=1S/C15H25N3OS/c1-3-9-19-13-6-4-12(5-7-13)15(17-16)14-11-20-10-8-18(14)2/h4-7,14-15,17H,3,8-11,16H2,1-2H3. The van der Waals surface area contributed by atoms with Crippen molar-refractivity contribution in [2.75, 3.05) is 31.7 Å². The fourth-order valence-corrected chi connectivity index (χ4v) is 3.75. The number of nitrogens with zero attached hydrogens (tertiary/aromatic N) is 1. The van der Waals surface area contributed by atoms with Crippen LogP contribution in [-0.2, 0) is 0 Å². The Hall–Kier alpha value is -0.750. The van der Waals surface area contributed by atoms with E-state index in [0.29, 0.717) is 6.04 Å². The van der Waals surface area contributed by atoms with Crippen molar-refractivity contribution < 1.29 is 4.74 Å². The lowest BCUT2D eigenvalue weighted by Crippen LogP contribution is -2.49. The highest BCUT2D eigenvalue weighted by atomic mass is 32.2. The third-order valence-electron chi connectivity index (χ3n) is 3.72. The molecule has 0 aliphatic carbocycles. The molecular weight excluding hydrogens is 270 g/mol. The first kappa shape index (κ1) is 15.6. The van der Waals surface area contributed by atoms with E-state index in [1.807, 2.05) is 23.9 Å². The van der Waals surface area contributed by atoms with E-state index in [2.05, 4.69) is 36.4 Å². The van der Waals surface area contributed by atoms with E-state index in [9.17, 15) is 0 Å². The lowest BCUT2D eigenvalue weighted by atomic mass is 9.99. The first-order chi connectivity index (χ1) is 9.76. The smallest absolute Gasteiger partial charge is 0.119 e. The van der Waals surface area contributed by atoms with Gasteiger partial charge in [-0.05, 0) is 31.2 Å². The normalized spacial score (nSPS) is 21.6. The summed E-state index contributed by atoms with van der Waals surface area (Å²) in [6.07, 6.45) is 1.03. The van der Waals surface area contributed by atoms with Crippen LogP contribution >= 0.6 is 11.8 Å². The van der Waals surface area contributed by atoms with Crippen molar-refractivity contribution in [2.45, 2.75) is 25.4 Å². The SMILES string of the molecule is CCCOc1ccc(C(NN)C2CSCCN2C)cc1. The molecule has 4 nitrogen and oxygen atoms in total. The molecule has 5 heteroatoms. The van der Waals surface area contributed by atoms with Gasteiger partial charge in [-0.2, -0.15) is 11.8 Å². The lowest BCUT2D eigenvalue weighted by molar-refractivity contribution is 0.216. The second kappa shape index (κ2) is 7.88. The summed E-state index contributed by atoms with van der Waals surface area (Å²) in [6, 6.07) is 8.89. The molecule has 20 heavy (non-hydrogen) atoms. The Labute approximate surface area is 126 Å². The maximum Gasteiger partial charge on any atom is 0.119 e. The van der Waals surface area contributed by atoms with E-state index in [1.165, 1.54) is 11.3 Å². The molecule has 1 aliphatic rings. The molecule has 112 valence electrons. The van der Waals surface area contributed by atoms with Gasteiger partial charge in [-0.15, -0.1) is 0 Å². The van der Waals surface area contributed by atoms with Gasteiger partial charge in [-0.3, -0.25) is 16.2 Å². The third-order valence-corrected chi connectivity index (χ3v) is 4.77. The van der Waals surface area contributed by atoms with Gasteiger partial charge in [0.05, 0.1) is 12.6 Å². The van der Waals surface area contributed by atoms with Crippen LogP contribution in [0.2, 0.25) is 0 Å². The molecule has 3 N–H and O–H groups in total. The minimum Gasteiger partial charge on any atom is -0.494 e. The molecule has 1 aliphatic heterocycles. The Bertz CT molecular complexity index is 399. The number of hydrazine groups is 1. The van der Waals surface area contributed by atoms with E-state index in [1.54, 1.807) is 0 Å². The van der Waals surface area contributed by atoms with E-state index >= 15 is 0 Å². The van der Waals surface area contributed by atoms with Crippen molar-refractivity contribution in [1.29, 1.82) is 0 Å². The number of benzene rings is 1. The zero-order valence-electron chi connectivity index (χ0n) is 12.3. The second-order valence-corrected chi connectivity index (χ2v) is 6.33. The van der Waals surface area contributed by atoms with Gasteiger partial charge in [0.1, 0.15) is 5.75 Å². The van der Waals surface area contributed by atoms with Crippen LogP contribution in [0.5, 0.6) is 5.75 Å². The number of thioether (sulfide) groups is 1. The maximum absolute atomic E-state index is 5.80. The third kappa shape index (κ3) is 3.88. The Balaban J connectivity index is 2.06. The quantitative estimate of drug-likeness (QED) is 0.621. The largest absolute Gasteiger partial charge is 0.494 e. The molecule has 0 radical (unpaired) electrons. The predicted octanol–water partition coefficient (Wildman–Crippen LogP) is 2.03. The van der Waals surface area contributed by atoms with Crippen LogP contribution in [0.1, 0.15) is 24.9 Å². The predicted molar refractivity (Wildman–Crippen MR) is 86.0 cm³/mol. The van der Waals surface area contributed by atoms with Gasteiger partial charge in [-0.1, -0.05) is 19.1 Å². The van der Waals surface area contributed by atoms with Crippen LogP contribution in [0.4, 0.5) is 0 Å². The first-order valence-electron chi connectivity index (χ1n) is 7.23. The van der Waals surface area contributed by atoms with Crippen molar-refractivity contribution in [3.8, 4) is 5.75 Å². The molecule has 1 heterocycles. The lowest BCUT2D eigenvalue weighted by Gasteiger charge is -2.37. The first-order valence-corrected chi connectivity index (χ1v) is 8.38. The summed E-state index contributed by atoms with van der Waals surface area (Å²) in [5, 5.41) is 0. The summed E-state index contributed by atoms with van der Waals surface area (Å²) in [6.45, 7) is 3.99.